The van der Waals surface area contributed by atoms with Gasteiger partial charge < -0.3 is 8.83 Å². The minimum Gasteiger partial charge on any atom is -0.452 e. The highest BCUT2D eigenvalue weighted by atomic mass is 16.4. The summed E-state index contributed by atoms with van der Waals surface area (Å²) in [5, 5.41) is 4.31. The van der Waals surface area contributed by atoms with E-state index in [2.05, 4.69) is 132 Å². The quantitative estimate of drug-likeness (QED) is 0.201. The Morgan fingerprint density at radius 3 is 1.85 bits per heavy atom. The zero-order valence-corrected chi connectivity index (χ0v) is 25.2. The fourth-order valence-electron chi connectivity index (χ4n) is 6.95. The molecule has 47 heavy (non-hydrogen) atoms. The van der Waals surface area contributed by atoms with E-state index in [4.69, 9.17) is 13.8 Å². The second kappa shape index (κ2) is 10.1. The summed E-state index contributed by atoms with van der Waals surface area (Å²) in [4.78, 5) is 5.00. The number of rotatable bonds is 4. The van der Waals surface area contributed by atoms with Crippen molar-refractivity contribution in [3.8, 4) is 39.3 Å². The van der Waals surface area contributed by atoms with E-state index in [0.717, 1.165) is 94.2 Å². The van der Waals surface area contributed by atoms with Gasteiger partial charge in [-0.25, -0.2) is 4.98 Å². The molecule has 0 fully saturated rings. The average Bonchev–Trinajstić information content (AvgIpc) is 3.83. The average molecular weight is 603 g/mol. The van der Waals surface area contributed by atoms with E-state index in [1.807, 2.05) is 30.3 Å². The van der Waals surface area contributed by atoms with Gasteiger partial charge in [-0.05, 0) is 82.9 Å². The van der Waals surface area contributed by atoms with Crippen LogP contribution < -0.4 is 0 Å². The summed E-state index contributed by atoms with van der Waals surface area (Å²) in [6.45, 7) is 0. The highest BCUT2D eigenvalue weighted by Gasteiger charge is 2.17. The van der Waals surface area contributed by atoms with Gasteiger partial charge in [-0.1, -0.05) is 97.1 Å². The molecule has 3 heterocycles. The van der Waals surface area contributed by atoms with Crippen LogP contribution in [0.15, 0.2) is 167 Å². The zero-order chi connectivity index (χ0) is 30.9. The molecule has 0 aliphatic carbocycles. The molecule has 0 saturated carbocycles. The molecule has 4 nitrogen and oxygen atoms in total. The Morgan fingerprint density at radius 1 is 0.404 bits per heavy atom. The molecule has 0 amide bonds. The Labute approximate surface area is 269 Å². The van der Waals surface area contributed by atoms with Crippen LogP contribution in [0.25, 0.3) is 94.2 Å². The Kier molecular flexibility index (Phi) is 5.54. The lowest BCUT2D eigenvalue weighted by molar-refractivity contribution is 0.633. The topological polar surface area (TPSA) is 44.1 Å². The van der Waals surface area contributed by atoms with E-state index in [-0.39, 0.29) is 0 Å². The smallest absolute Gasteiger partial charge is 0.178 e. The molecular formula is C43H26N2O2. The predicted molar refractivity (Wildman–Crippen MR) is 192 cm³/mol. The van der Waals surface area contributed by atoms with Crippen molar-refractivity contribution in [2.45, 2.75) is 0 Å². The maximum Gasteiger partial charge on any atom is 0.178 e. The standard InChI is InChI=1S/C43H26N2O2/c1-2-9-28(10-3-1)43-44-37-14-5-6-15-38(37)45(43)32-20-17-27(18-21-32)29-11-8-12-30(25-29)31-19-24-40-36(26-31)35-23-22-34-33-13-4-7-16-39(33)46-41(34)42(35)47-40/h1-26H. The second-order valence-electron chi connectivity index (χ2n) is 12.0. The van der Waals surface area contributed by atoms with Crippen molar-refractivity contribution in [2.24, 2.45) is 0 Å². The number of furan rings is 2. The highest BCUT2D eigenvalue weighted by molar-refractivity contribution is 6.19. The molecule has 0 spiro atoms. The van der Waals surface area contributed by atoms with E-state index >= 15 is 0 Å². The van der Waals surface area contributed by atoms with Crippen LogP contribution in [0.1, 0.15) is 0 Å². The molecule has 3 aromatic heterocycles. The van der Waals surface area contributed by atoms with Gasteiger partial charge in [0.2, 0.25) is 0 Å². The molecule has 10 aromatic rings. The van der Waals surface area contributed by atoms with Crippen molar-refractivity contribution < 1.29 is 8.83 Å². The summed E-state index contributed by atoms with van der Waals surface area (Å²) in [7, 11) is 0. The van der Waals surface area contributed by atoms with Crippen molar-refractivity contribution in [1.29, 1.82) is 0 Å². The van der Waals surface area contributed by atoms with Gasteiger partial charge in [0.1, 0.15) is 17.0 Å². The third kappa shape index (κ3) is 4.05. The van der Waals surface area contributed by atoms with Crippen LogP contribution in [-0.4, -0.2) is 9.55 Å². The number of fused-ring (bicyclic) bond motifs is 8. The Hall–Kier alpha value is -6.39. The molecule has 0 N–H and O–H groups in total. The predicted octanol–water partition coefficient (Wildman–Crippen LogP) is 11.8. The molecule has 10 rings (SSSR count). The van der Waals surface area contributed by atoms with Crippen molar-refractivity contribution in [3.63, 3.8) is 0 Å². The van der Waals surface area contributed by atoms with Crippen LogP contribution in [0, 0.1) is 0 Å². The molecule has 0 saturated heterocycles. The number of nitrogens with zero attached hydrogens (tertiary/aromatic N) is 2. The number of aromatic nitrogens is 2. The van der Waals surface area contributed by atoms with Crippen molar-refractivity contribution >= 4 is 54.9 Å². The Morgan fingerprint density at radius 2 is 1.02 bits per heavy atom. The van der Waals surface area contributed by atoms with E-state index < -0.39 is 0 Å². The Balaban J connectivity index is 1.03. The third-order valence-electron chi connectivity index (χ3n) is 9.23. The molecule has 0 aliphatic rings. The number of benzene rings is 7. The molecule has 0 bridgehead atoms. The molecule has 0 atom stereocenters. The molecule has 0 radical (unpaired) electrons. The minimum atomic E-state index is 0.792. The lowest BCUT2D eigenvalue weighted by atomic mass is 9.97. The molecular weight excluding hydrogens is 576 g/mol. The van der Waals surface area contributed by atoms with Gasteiger partial charge in [-0.15, -0.1) is 0 Å². The van der Waals surface area contributed by atoms with Crippen LogP contribution in [-0.2, 0) is 0 Å². The second-order valence-corrected chi connectivity index (χ2v) is 12.0. The fraction of sp³-hybridized carbons (Fsp3) is 0. The van der Waals surface area contributed by atoms with E-state index in [1.165, 1.54) is 0 Å². The van der Waals surface area contributed by atoms with Gasteiger partial charge in [0.05, 0.1) is 11.0 Å². The largest absolute Gasteiger partial charge is 0.452 e. The lowest BCUT2D eigenvalue weighted by Crippen LogP contribution is -1.97. The van der Waals surface area contributed by atoms with Crippen LogP contribution in [0.3, 0.4) is 0 Å². The van der Waals surface area contributed by atoms with Crippen molar-refractivity contribution in [3.05, 3.63) is 158 Å². The van der Waals surface area contributed by atoms with E-state index in [9.17, 15) is 0 Å². The van der Waals surface area contributed by atoms with Gasteiger partial charge in [0.15, 0.2) is 11.2 Å². The van der Waals surface area contributed by atoms with Gasteiger partial charge >= 0.3 is 0 Å². The van der Waals surface area contributed by atoms with Crippen LogP contribution >= 0.6 is 0 Å². The van der Waals surface area contributed by atoms with Crippen molar-refractivity contribution in [2.75, 3.05) is 0 Å². The molecule has 0 unspecified atom stereocenters. The molecule has 7 aromatic carbocycles. The van der Waals surface area contributed by atoms with Crippen LogP contribution in [0.5, 0.6) is 0 Å². The number of para-hydroxylation sites is 3. The Bertz CT molecular complexity index is 2780. The summed E-state index contributed by atoms with van der Waals surface area (Å²) < 4.78 is 14.9. The van der Waals surface area contributed by atoms with E-state index in [0.29, 0.717) is 0 Å². The normalized spacial score (nSPS) is 11.8. The number of hydrogen-bond donors (Lipinski definition) is 0. The third-order valence-corrected chi connectivity index (χ3v) is 9.23. The van der Waals surface area contributed by atoms with Gasteiger partial charge in [-0.2, -0.15) is 0 Å². The maximum absolute atomic E-state index is 6.38. The first-order valence-electron chi connectivity index (χ1n) is 15.8. The van der Waals surface area contributed by atoms with Gasteiger partial charge in [0, 0.05) is 32.8 Å². The summed E-state index contributed by atoms with van der Waals surface area (Å²) in [5.41, 5.74) is 12.2. The van der Waals surface area contributed by atoms with E-state index in [1.54, 1.807) is 0 Å². The molecule has 220 valence electrons. The number of imidazole rings is 1. The minimum absolute atomic E-state index is 0.792. The summed E-state index contributed by atoms with van der Waals surface area (Å²) in [5.74, 6) is 0.935. The van der Waals surface area contributed by atoms with Gasteiger partial charge in [0.25, 0.3) is 0 Å². The zero-order valence-electron chi connectivity index (χ0n) is 25.2. The monoisotopic (exact) mass is 602 g/mol. The van der Waals surface area contributed by atoms with Gasteiger partial charge in [-0.3, -0.25) is 4.57 Å². The first-order chi connectivity index (χ1) is 23.3. The fourth-order valence-corrected chi connectivity index (χ4v) is 6.95. The maximum atomic E-state index is 6.38. The first-order valence-corrected chi connectivity index (χ1v) is 15.8. The summed E-state index contributed by atoms with van der Waals surface area (Å²) >= 11 is 0. The molecule has 0 aliphatic heterocycles. The SMILES string of the molecule is c1ccc(-c2nc3ccccc3n2-c2ccc(-c3cccc(-c4ccc5oc6c(ccc7c8ccccc8oc76)c5c4)c3)cc2)cc1. The summed E-state index contributed by atoms with van der Waals surface area (Å²) in [6.07, 6.45) is 0. The summed E-state index contributed by atoms with van der Waals surface area (Å²) in [6, 6.07) is 55.0. The van der Waals surface area contributed by atoms with Crippen LogP contribution in [0.4, 0.5) is 0 Å². The first kappa shape index (κ1) is 25.9. The van der Waals surface area contributed by atoms with Crippen LogP contribution in [0.2, 0.25) is 0 Å². The molecule has 4 heteroatoms. The van der Waals surface area contributed by atoms with Crippen molar-refractivity contribution in [1.82, 2.24) is 9.55 Å². The highest BCUT2D eigenvalue weighted by Crippen LogP contribution is 2.40. The lowest BCUT2D eigenvalue weighted by Gasteiger charge is -2.11. The number of hydrogen-bond acceptors (Lipinski definition) is 3.